The predicted molar refractivity (Wildman–Crippen MR) is 87.9 cm³/mol. The largest absolute Gasteiger partial charge is 0.325 e. The highest BCUT2D eigenvalue weighted by Crippen LogP contribution is 2.39. The highest BCUT2D eigenvalue weighted by molar-refractivity contribution is 5.89. The zero-order chi connectivity index (χ0) is 15.8. The molecule has 2 unspecified atom stereocenters. The van der Waals surface area contributed by atoms with Gasteiger partial charge in [0.05, 0.1) is 11.7 Å². The van der Waals surface area contributed by atoms with E-state index in [2.05, 4.69) is 51.8 Å². The van der Waals surface area contributed by atoms with Crippen LogP contribution in [0.4, 0.5) is 0 Å². The Morgan fingerprint density at radius 1 is 1.24 bits per heavy atom. The van der Waals surface area contributed by atoms with Crippen molar-refractivity contribution in [1.29, 1.82) is 0 Å². The number of nitrogens with one attached hydrogen (secondary N) is 1. The number of nitrogens with zero attached hydrogens (tertiary/aromatic N) is 1. The number of hydrogen-bond donors (Lipinski definition) is 1. The van der Waals surface area contributed by atoms with Crippen molar-refractivity contribution in [3.63, 3.8) is 0 Å². The first-order valence-corrected chi connectivity index (χ1v) is 8.74. The summed E-state index contributed by atoms with van der Waals surface area (Å²) in [5.41, 5.74) is 0.0191. The highest BCUT2D eigenvalue weighted by atomic mass is 16.2. The molecule has 122 valence electrons. The van der Waals surface area contributed by atoms with E-state index in [1.807, 2.05) is 0 Å². The molecule has 2 atom stereocenters. The number of hydrogen-bond acceptors (Lipinski definition) is 2. The van der Waals surface area contributed by atoms with E-state index >= 15 is 0 Å². The van der Waals surface area contributed by atoms with Gasteiger partial charge in [-0.2, -0.15) is 0 Å². The Morgan fingerprint density at radius 3 is 2.29 bits per heavy atom. The second-order valence-electron chi connectivity index (χ2n) is 8.80. The van der Waals surface area contributed by atoms with Crippen LogP contribution in [0.3, 0.4) is 0 Å². The molecule has 2 aliphatic rings. The Morgan fingerprint density at radius 2 is 1.81 bits per heavy atom. The minimum Gasteiger partial charge on any atom is -0.325 e. The van der Waals surface area contributed by atoms with Crippen LogP contribution in [-0.2, 0) is 4.79 Å². The molecule has 0 aromatic carbocycles. The summed E-state index contributed by atoms with van der Waals surface area (Å²) in [6, 6.07) is 0. The van der Waals surface area contributed by atoms with Crippen LogP contribution in [0.5, 0.6) is 0 Å². The van der Waals surface area contributed by atoms with Gasteiger partial charge in [0.1, 0.15) is 0 Å². The van der Waals surface area contributed by atoms with Crippen LogP contribution in [0.15, 0.2) is 0 Å². The first kappa shape index (κ1) is 16.8. The van der Waals surface area contributed by atoms with E-state index < -0.39 is 0 Å². The van der Waals surface area contributed by atoms with Gasteiger partial charge in [-0.1, -0.05) is 54.4 Å². The Hall–Kier alpha value is -0.570. The second-order valence-corrected chi connectivity index (χ2v) is 8.80. The van der Waals surface area contributed by atoms with Crippen molar-refractivity contribution in [3.05, 3.63) is 0 Å². The maximum Gasteiger partial charge on any atom is 0.244 e. The fraction of sp³-hybridized carbons (Fsp3) is 0.944. The van der Waals surface area contributed by atoms with E-state index in [0.717, 1.165) is 25.8 Å². The van der Waals surface area contributed by atoms with Gasteiger partial charge in [0, 0.05) is 6.54 Å². The van der Waals surface area contributed by atoms with Gasteiger partial charge >= 0.3 is 0 Å². The van der Waals surface area contributed by atoms with Gasteiger partial charge in [0.25, 0.3) is 0 Å². The molecule has 1 aliphatic heterocycles. The van der Waals surface area contributed by atoms with E-state index in [9.17, 15) is 4.79 Å². The van der Waals surface area contributed by atoms with E-state index in [-0.39, 0.29) is 17.1 Å². The molecule has 3 nitrogen and oxygen atoms in total. The lowest BCUT2D eigenvalue weighted by Gasteiger charge is -2.34. The molecule has 0 aromatic heterocycles. The summed E-state index contributed by atoms with van der Waals surface area (Å²) < 4.78 is 0. The summed E-state index contributed by atoms with van der Waals surface area (Å²) in [6.07, 6.45) is 5.73. The average Bonchev–Trinajstić information content (AvgIpc) is 2.89. The number of carbonyl (C=O) groups excluding carboxylic acids is 1. The van der Waals surface area contributed by atoms with Gasteiger partial charge in [0.2, 0.25) is 5.91 Å². The molecule has 0 radical (unpaired) electrons. The van der Waals surface area contributed by atoms with Crippen molar-refractivity contribution in [2.24, 2.45) is 17.3 Å². The quantitative estimate of drug-likeness (QED) is 0.855. The summed E-state index contributed by atoms with van der Waals surface area (Å²) in [4.78, 5) is 15.2. The summed E-state index contributed by atoms with van der Waals surface area (Å²) in [5, 5.41) is 3.73. The summed E-state index contributed by atoms with van der Waals surface area (Å²) >= 11 is 0. The molecule has 3 heteroatoms. The Balaban J connectivity index is 2.16. The third-order valence-corrected chi connectivity index (χ3v) is 5.59. The topological polar surface area (TPSA) is 32.3 Å². The van der Waals surface area contributed by atoms with E-state index in [4.69, 9.17) is 0 Å². The van der Waals surface area contributed by atoms with Crippen molar-refractivity contribution < 1.29 is 4.79 Å². The maximum absolute atomic E-state index is 13.0. The first-order valence-electron chi connectivity index (χ1n) is 8.74. The summed E-state index contributed by atoms with van der Waals surface area (Å²) in [5.74, 6) is 1.50. The summed E-state index contributed by atoms with van der Waals surface area (Å²) in [7, 11) is 0. The van der Waals surface area contributed by atoms with Crippen LogP contribution in [0.25, 0.3) is 0 Å². The maximum atomic E-state index is 13.0. The van der Waals surface area contributed by atoms with E-state index in [1.165, 1.54) is 12.8 Å². The van der Waals surface area contributed by atoms with Crippen molar-refractivity contribution in [3.8, 4) is 0 Å². The predicted octanol–water partition coefficient (Wildman–Crippen LogP) is 3.79. The van der Waals surface area contributed by atoms with Crippen LogP contribution >= 0.6 is 0 Å². The lowest BCUT2D eigenvalue weighted by Crippen LogP contribution is -2.45. The van der Waals surface area contributed by atoms with E-state index in [0.29, 0.717) is 17.7 Å². The molecular formula is C18H34N2O. The molecule has 1 saturated carbocycles. The first-order chi connectivity index (χ1) is 9.66. The van der Waals surface area contributed by atoms with Gasteiger partial charge in [-0.15, -0.1) is 0 Å². The van der Waals surface area contributed by atoms with Gasteiger partial charge < -0.3 is 4.90 Å². The van der Waals surface area contributed by atoms with Crippen molar-refractivity contribution in [2.75, 3.05) is 6.54 Å². The zero-order valence-corrected chi connectivity index (χ0v) is 14.8. The van der Waals surface area contributed by atoms with E-state index in [1.54, 1.807) is 0 Å². The van der Waals surface area contributed by atoms with Gasteiger partial charge in [-0.3, -0.25) is 10.1 Å². The van der Waals surface area contributed by atoms with Gasteiger partial charge in [-0.25, -0.2) is 0 Å². The molecular weight excluding hydrogens is 260 g/mol. The molecule has 1 heterocycles. The molecule has 1 saturated heterocycles. The molecule has 1 aliphatic carbocycles. The molecule has 0 aromatic rings. The van der Waals surface area contributed by atoms with Crippen LogP contribution in [0.1, 0.15) is 73.6 Å². The minimum atomic E-state index is -0.225. The Labute approximate surface area is 130 Å². The van der Waals surface area contributed by atoms with Crippen molar-refractivity contribution in [2.45, 2.75) is 85.4 Å². The standard InChI is InChI=1S/C18H34N2O/c1-13(2)11-15-19-18(9-7-8-10-18)16(21)20(15)12-14(3)17(4,5)6/h13-15,19H,7-12H2,1-6H3. The average molecular weight is 294 g/mol. The number of carbonyl (C=O) groups is 1. The summed E-state index contributed by atoms with van der Waals surface area (Å²) in [6.45, 7) is 14.5. The number of amides is 1. The molecule has 21 heavy (non-hydrogen) atoms. The Kier molecular flexibility index (Phi) is 4.72. The fourth-order valence-corrected chi connectivity index (χ4v) is 3.62. The van der Waals surface area contributed by atoms with Crippen LogP contribution in [0.2, 0.25) is 0 Å². The third-order valence-electron chi connectivity index (χ3n) is 5.59. The smallest absolute Gasteiger partial charge is 0.244 e. The van der Waals surface area contributed by atoms with Crippen LogP contribution < -0.4 is 5.32 Å². The number of rotatable bonds is 4. The molecule has 1 N–H and O–H groups in total. The monoisotopic (exact) mass is 294 g/mol. The lowest BCUT2D eigenvalue weighted by atomic mass is 9.81. The third kappa shape index (κ3) is 3.44. The molecule has 2 rings (SSSR count). The SMILES string of the molecule is CC(C)CC1NC2(CCCC2)C(=O)N1CC(C)C(C)(C)C. The lowest BCUT2D eigenvalue weighted by molar-refractivity contribution is -0.134. The van der Waals surface area contributed by atoms with Crippen LogP contribution in [0, 0.1) is 17.3 Å². The van der Waals surface area contributed by atoms with Gasteiger partial charge in [-0.05, 0) is 36.5 Å². The van der Waals surface area contributed by atoms with Crippen LogP contribution in [-0.4, -0.2) is 29.1 Å². The second kappa shape index (κ2) is 5.91. The normalized spacial score (nSPS) is 27.1. The highest BCUT2D eigenvalue weighted by Gasteiger charge is 2.52. The van der Waals surface area contributed by atoms with Crippen molar-refractivity contribution in [1.82, 2.24) is 10.2 Å². The van der Waals surface area contributed by atoms with Crippen molar-refractivity contribution >= 4 is 5.91 Å². The fourth-order valence-electron chi connectivity index (χ4n) is 3.62. The molecule has 1 spiro atoms. The molecule has 1 amide bonds. The zero-order valence-electron chi connectivity index (χ0n) is 14.8. The van der Waals surface area contributed by atoms with Gasteiger partial charge in [0.15, 0.2) is 0 Å². The molecule has 0 bridgehead atoms. The minimum absolute atomic E-state index is 0.225. The Bertz CT molecular complexity index is 377. The molecule has 2 fully saturated rings.